The van der Waals surface area contributed by atoms with E-state index in [0.717, 1.165) is 29.6 Å². The van der Waals surface area contributed by atoms with Gasteiger partial charge in [0.05, 0.1) is 5.69 Å². The maximum absolute atomic E-state index is 5.97. The van der Waals surface area contributed by atoms with Crippen molar-refractivity contribution < 1.29 is 0 Å². The summed E-state index contributed by atoms with van der Waals surface area (Å²) >= 11 is 1.68. The third-order valence-corrected chi connectivity index (χ3v) is 5.43. The van der Waals surface area contributed by atoms with Gasteiger partial charge in [0.15, 0.2) is 10.8 Å². The second kappa shape index (κ2) is 5.02. The van der Waals surface area contributed by atoms with E-state index in [1.54, 1.807) is 11.3 Å². The molecule has 108 valence electrons. The summed E-state index contributed by atoms with van der Waals surface area (Å²) in [5.74, 6) is 1.12. The fraction of sp³-hybridized carbons (Fsp3) is 0.643. The summed E-state index contributed by atoms with van der Waals surface area (Å²) < 4.78 is 2.15. The van der Waals surface area contributed by atoms with Crippen LogP contribution in [-0.4, -0.2) is 46.5 Å². The van der Waals surface area contributed by atoms with Crippen LogP contribution in [-0.2, 0) is 6.54 Å². The van der Waals surface area contributed by atoms with Gasteiger partial charge in [0.25, 0.3) is 0 Å². The van der Waals surface area contributed by atoms with Crippen LogP contribution in [0.2, 0.25) is 0 Å². The SMILES string of the molecule is NCc1c(N2CCN3CCCCC3C2)nc2sccn12. The quantitative estimate of drug-likeness (QED) is 0.911. The highest BCUT2D eigenvalue weighted by Gasteiger charge is 2.31. The lowest BCUT2D eigenvalue weighted by molar-refractivity contribution is 0.133. The van der Waals surface area contributed by atoms with Crippen molar-refractivity contribution in [1.82, 2.24) is 14.3 Å². The zero-order chi connectivity index (χ0) is 13.5. The zero-order valence-corrected chi connectivity index (χ0v) is 12.5. The minimum Gasteiger partial charge on any atom is -0.352 e. The molecule has 0 bridgehead atoms. The molecule has 0 aromatic carbocycles. The van der Waals surface area contributed by atoms with E-state index in [9.17, 15) is 0 Å². The van der Waals surface area contributed by atoms with Crippen LogP contribution in [0.4, 0.5) is 5.82 Å². The first-order valence-corrected chi connectivity index (χ1v) is 8.38. The van der Waals surface area contributed by atoms with Crippen molar-refractivity contribution in [3.63, 3.8) is 0 Å². The summed E-state index contributed by atoms with van der Waals surface area (Å²) in [6.07, 6.45) is 6.15. The van der Waals surface area contributed by atoms with Gasteiger partial charge in [-0.3, -0.25) is 9.30 Å². The second-order valence-electron chi connectivity index (χ2n) is 5.77. The minimum absolute atomic E-state index is 0.554. The molecule has 2 fully saturated rings. The van der Waals surface area contributed by atoms with E-state index in [4.69, 9.17) is 10.7 Å². The van der Waals surface area contributed by atoms with Crippen LogP contribution in [0.15, 0.2) is 11.6 Å². The Kier molecular flexibility index (Phi) is 3.17. The van der Waals surface area contributed by atoms with E-state index in [0.29, 0.717) is 12.6 Å². The fourth-order valence-corrected chi connectivity index (χ4v) is 4.34. The predicted octanol–water partition coefficient (Wildman–Crippen LogP) is 1.53. The van der Waals surface area contributed by atoms with Gasteiger partial charge in [0.1, 0.15) is 0 Å². The first kappa shape index (κ1) is 12.6. The highest BCUT2D eigenvalue weighted by atomic mass is 32.1. The minimum atomic E-state index is 0.554. The van der Waals surface area contributed by atoms with E-state index in [-0.39, 0.29) is 0 Å². The molecule has 1 unspecified atom stereocenters. The van der Waals surface area contributed by atoms with Gasteiger partial charge in [-0.25, -0.2) is 4.98 Å². The summed E-state index contributed by atoms with van der Waals surface area (Å²) in [5, 5.41) is 2.07. The summed E-state index contributed by atoms with van der Waals surface area (Å²) in [7, 11) is 0. The van der Waals surface area contributed by atoms with Crippen molar-refractivity contribution in [3.05, 3.63) is 17.3 Å². The first-order chi connectivity index (χ1) is 9.86. The van der Waals surface area contributed by atoms with Gasteiger partial charge >= 0.3 is 0 Å². The molecule has 0 radical (unpaired) electrons. The van der Waals surface area contributed by atoms with E-state index in [1.165, 1.54) is 32.4 Å². The van der Waals surface area contributed by atoms with Crippen LogP contribution in [0, 0.1) is 0 Å². The van der Waals surface area contributed by atoms with Gasteiger partial charge in [-0.2, -0.15) is 0 Å². The number of piperazine rings is 1. The van der Waals surface area contributed by atoms with Crippen molar-refractivity contribution in [2.45, 2.75) is 31.8 Å². The molecule has 2 N–H and O–H groups in total. The molecule has 4 heterocycles. The van der Waals surface area contributed by atoms with Crippen LogP contribution in [0.3, 0.4) is 0 Å². The number of nitrogens with zero attached hydrogens (tertiary/aromatic N) is 4. The van der Waals surface area contributed by atoms with Gasteiger partial charge in [0.2, 0.25) is 0 Å². The number of rotatable bonds is 2. The number of imidazole rings is 1. The van der Waals surface area contributed by atoms with Crippen molar-refractivity contribution in [1.29, 1.82) is 0 Å². The highest BCUT2D eigenvalue weighted by Crippen LogP contribution is 2.28. The largest absolute Gasteiger partial charge is 0.352 e. The van der Waals surface area contributed by atoms with Crippen molar-refractivity contribution >= 4 is 22.1 Å². The van der Waals surface area contributed by atoms with Gasteiger partial charge in [-0.15, -0.1) is 11.3 Å². The van der Waals surface area contributed by atoms with Crippen molar-refractivity contribution in [2.75, 3.05) is 31.1 Å². The Morgan fingerprint density at radius 2 is 2.25 bits per heavy atom. The molecule has 0 aliphatic carbocycles. The molecule has 2 saturated heterocycles. The number of fused-ring (bicyclic) bond motifs is 2. The Morgan fingerprint density at radius 1 is 1.30 bits per heavy atom. The summed E-state index contributed by atoms with van der Waals surface area (Å²) in [4.78, 5) is 11.0. The van der Waals surface area contributed by atoms with Crippen LogP contribution in [0.5, 0.6) is 0 Å². The van der Waals surface area contributed by atoms with Gasteiger partial charge in [0, 0.05) is 43.8 Å². The number of piperidine rings is 1. The summed E-state index contributed by atoms with van der Waals surface area (Å²) in [5.41, 5.74) is 7.12. The number of hydrogen-bond donors (Lipinski definition) is 1. The maximum Gasteiger partial charge on any atom is 0.195 e. The van der Waals surface area contributed by atoms with E-state index in [1.807, 2.05) is 0 Å². The van der Waals surface area contributed by atoms with Crippen LogP contribution < -0.4 is 10.6 Å². The standard InChI is InChI=1S/C14H21N5S/c15-9-12-13(16-14-19(12)7-8-20-14)18-6-5-17-4-2-1-3-11(17)10-18/h7-8,11H,1-6,9-10,15H2. The Bertz CT molecular complexity index is 604. The highest BCUT2D eigenvalue weighted by molar-refractivity contribution is 7.15. The molecule has 2 aliphatic heterocycles. The number of thiazole rings is 1. The van der Waals surface area contributed by atoms with Gasteiger partial charge in [-0.05, 0) is 19.4 Å². The lowest BCUT2D eigenvalue weighted by Crippen LogP contribution is -2.55. The number of aromatic nitrogens is 2. The molecule has 2 aromatic rings. The lowest BCUT2D eigenvalue weighted by atomic mass is 9.99. The van der Waals surface area contributed by atoms with Crippen LogP contribution >= 0.6 is 11.3 Å². The molecule has 20 heavy (non-hydrogen) atoms. The molecule has 5 nitrogen and oxygen atoms in total. The zero-order valence-electron chi connectivity index (χ0n) is 11.7. The number of nitrogens with two attached hydrogens (primary N) is 1. The van der Waals surface area contributed by atoms with Gasteiger partial charge in [-0.1, -0.05) is 6.42 Å². The Morgan fingerprint density at radius 3 is 3.15 bits per heavy atom. The topological polar surface area (TPSA) is 49.8 Å². The Labute approximate surface area is 123 Å². The summed E-state index contributed by atoms with van der Waals surface area (Å²) in [6, 6.07) is 0.711. The van der Waals surface area contributed by atoms with Gasteiger partial charge < -0.3 is 10.6 Å². The average molecular weight is 291 g/mol. The Hall–Kier alpha value is -1.11. The van der Waals surface area contributed by atoms with E-state index < -0.39 is 0 Å². The molecule has 6 heteroatoms. The monoisotopic (exact) mass is 291 g/mol. The molecule has 1 atom stereocenters. The third-order valence-electron chi connectivity index (χ3n) is 4.67. The third kappa shape index (κ3) is 1.94. The number of anilines is 1. The van der Waals surface area contributed by atoms with Crippen LogP contribution in [0.1, 0.15) is 25.0 Å². The second-order valence-corrected chi connectivity index (χ2v) is 6.65. The first-order valence-electron chi connectivity index (χ1n) is 7.50. The molecule has 0 saturated carbocycles. The van der Waals surface area contributed by atoms with E-state index in [2.05, 4.69) is 25.8 Å². The maximum atomic E-state index is 5.97. The molecular formula is C14H21N5S. The van der Waals surface area contributed by atoms with Crippen LogP contribution in [0.25, 0.3) is 4.96 Å². The molecular weight excluding hydrogens is 270 g/mol. The predicted molar refractivity (Wildman–Crippen MR) is 82.4 cm³/mol. The molecule has 2 aromatic heterocycles. The lowest BCUT2D eigenvalue weighted by Gasteiger charge is -2.44. The van der Waals surface area contributed by atoms with E-state index >= 15 is 0 Å². The molecule has 4 rings (SSSR count). The summed E-state index contributed by atoms with van der Waals surface area (Å²) in [6.45, 7) is 5.19. The normalized spacial score (nSPS) is 24.2. The smallest absolute Gasteiger partial charge is 0.195 e. The average Bonchev–Trinajstić information content (AvgIpc) is 3.07. The number of hydrogen-bond acceptors (Lipinski definition) is 5. The molecule has 0 spiro atoms. The van der Waals surface area contributed by atoms with Crippen molar-refractivity contribution in [3.8, 4) is 0 Å². The molecule has 2 aliphatic rings. The Balaban J connectivity index is 1.64. The van der Waals surface area contributed by atoms with Crippen molar-refractivity contribution in [2.24, 2.45) is 5.73 Å². The molecule has 0 amide bonds. The fourth-order valence-electron chi connectivity index (χ4n) is 3.61.